The highest BCUT2D eigenvalue weighted by Crippen LogP contribution is 2.35. The van der Waals surface area contributed by atoms with E-state index >= 15 is 0 Å². The molecule has 2 heterocycles. The summed E-state index contributed by atoms with van der Waals surface area (Å²) in [5.74, 6) is -2.96. The van der Waals surface area contributed by atoms with E-state index in [-0.39, 0.29) is 29.2 Å². The number of carbonyl (C=O) groups is 1. The minimum Gasteiger partial charge on any atom is -0.478 e. The van der Waals surface area contributed by atoms with Crippen molar-refractivity contribution in [2.24, 2.45) is 5.92 Å². The van der Waals surface area contributed by atoms with Crippen LogP contribution in [0, 0.1) is 5.92 Å². The molecule has 1 aromatic rings. The Balaban J connectivity index is 2.24. The second kappa shape index (κ2) is 5.58. The molecule has 1 N–H and O–H groups in total. The van der Waals surface area contributed by atoms with Crippen LogP contribution in [0.4, 0.5) is 13.2 Å². The fourth-order valence-corrected chi connectivity index (χ4v) is 4.95. The normalized spacial score (nSPS) is 21.4. The summed E-state index contributed by atoms with van der Waals surface area (Å²) >= 11 is 0.695. The Morgan fingerprint density at radius 2 is 2.10 bits per heavy atom. The first kappa shape index (κ1) is 16.2. The first-order valence-corrected chi connectivity index (χ1v) is 8.33. The Kier molecular flexibility index (Phi) is 4.31. The number of halogens is 3. The molecular formula is C11H12F3NO4S2. The van der Waals surface area contributed by atoms with Crippen LogP contribution in [-0.4, -0.2) is 43.1 Å². The van der Waals surface area contributed by atoms with Crippen molar-refractivity contribution in [1.29, 1.82) is 0 Å². The maximum Gasteiger partial charge on any atom is 0.393 e. The maximum atomic E-state index is 12.7. The molecule has 0 bridgehead atoms. The lowest BCUT2D eigenvalue weighted by atomic mass is 9.99. The number of piperidine rings is 1. The van der Waals surface area contributed by atoms with Gasteiger partial charge in [0.2, 0.25) is 0 Å². The highest BCUT2D eigenvalue weighted by molar-refractivity contribution is 7.91. The van der Waals surface area contributed by atoms with Crippen LogP contribution in [0.15, 0.2) is 15.7 Å². The Labute approximate surface area is 123 Å². The van der Waals surface area contributed by atoms with Crippen molar-refractivity contribution >= 4 is 27.3 Å². The number of thiophene rings is 1. The number of hydrogen-bond acceptors (Lipinski definition) is 4. The summed E-state index contributed by atoms with van der Waals surface area (Å²) in [5.41, 5.74) is -0.192. The molecule has 5 nitrogen and oxygen atoms in total. The number of aromatic carboxylic acids is 1. The van der Waals surface area contributed by atoms with Gasteiger partial charge in [-0.2, -0.15) is 17.5 Å². The van der Waals surface area contributed by atoms with E-state index < -0.39 is 34.6 Å². The molecule has 1 aliphatic heterocycles. The van der Waals surface area contributed by atoms with Crippen LogP contribution in [0.5, 0.6) is 0 Å². The summed E-state index contributed by atoms with van der Waals surface area (Å²) in [4.78, 5) is 10.8. The van der Waals surface area contributed by atoms with E-state index in [1.807, 2.05) is 0 Å². The Hall–Kier alpha value is -1.13. The topological polar surface area (TPSA) is 74.7 Å². The molecule has 1 fully saturated rings. The highest BCUT2D eigenvalue weighted by atomic mass is 32.2. The number of carboxylic acids is 1. The lowest BCUT2D eigenvalue weighted by Crippen LogP contribution is -2.44. The van der Waals surface area contributed by atoms with Crippen LogP contribution in [0.3, 0.4) is 0 Å². The minimum absolute atomic E-state index is 0.00914. The zero-order chi connectivity index (χ0) is 15.8. The van der Waals surface area contributed by atoms with Crippen LogP contribution < -0.4 is 0 Å². The van der Waals surface area contributed by atoms with Gasteiger partial charge in [0.25, 0.3) is 10.0 Å². The number of alkyl halides is 3. The molecule has 2 rings (SSSR count). The van der Waals surface area contributed by atoms with Gasteiger partial charge >= 0.3 is 12.1 Å². The highest BCUT2D eigenvalue weighted by Gasteiger charge is 2.44. The summed E-state index contributed by atoms with van der Waals surface area (Å²) in [6, 6.07) is 0.972. The molecule has 1 aliphatic rings. The molecule has 0 aromatic carbocycles. The van der Waals surface area contributed by atoms with Crippen LogP contribution in [0.1, 0.15) is 23.2 Å². The molecule has 0 saturated carbocycles. The standard InChI is InChI=1S/C11H12F3NO4S2/c12-11(13,14)8-2-1-3-15(5-8)21(18,19)9-4-7(6-20-9)10(16)17/h4,6,8H,1-3,5H2,(H,16,17). The molecule has 0 spiro atoms. The van der Waals surface area contributed by atoms with E-state index in [0.29, 0.717) is 11.3 Å². The van der Waals surface area contributed by atoms with E-state index in [1.165, 1.54) is 0 Å². The summed E-state index contributed by atoms with van der Waals surface area (Å²) in [5, 5.41) is 9.93. The summed E-state index contributed by atoms with van der Waals surface area (Å²) in [6.07, 6.45) is -4.41. The van der Waals surface area contributed by atoms with Gasteiger partial charge in [-0.15, -0.1) is 11.3 Å². The van der Waals surface area contributed by atoms with Crippen molar-refractivity contribution in [3.8, 4) is 0 Å². The van der Waals surface area contributed by atoms with Crippen LogP contribution in [-0.2, 0) is 10.0 Å². The average molecular weight is 343 g/mol. The van der Waals surface area contributed by atoms with Crippen molar-refractivity contribution in [1.82, 2.24) is 4.31 Å². The predicted molar refractivity (Wildman–Crippen MR) is 68.8 cm³/mol. The smallest absolute Gasteiger partial charge is 0.393 e. The van der Waals surface area contributed by atoms with Crippen molar-refractivity contribution < 1.29 is 31.5 Å². The van der Waals surface area contributed by atoms with Gasteiger partial charge in [0.05, 0.1) is 11.5 Å². The number of carboxylic acid groups (broad SMARTS) is 1. The molecule has 118 valence electrons. The largest absolute Gasteiger partial charge is 0.478 e. The van der Waals surface area contributed by atoms with Crippen LogP contribution in [0.2, 0.25) is 0 Å². The average Bonchev–Trinajstić information content (AvgIpc) is 2.88. The first-order chi connectivity index (χ1) is 9.62. The van der Waals surface area contributed by atoms with Crippen molar-refractivity contribution in [3.63, 3.8) is 0 Å². The van der Waals surface area contributed by atoms with Gasteiger partial charge < -0.3 is 5.11 Å². The molecule has 0 amide bonds. The van der Waals surface area contributed by atoms with Gasteiger partial charge in [-0.05, 0) is 18.9 Å². The number of nitrogens with zero attached hydrogens (tertiary/aromatic N) is 1. The Bertz CT molecular complexity index is 638. The molecule has 1 aromatic heterocycles. The van der Waals surface area contributed by atoms with Crippen molar-refractivity contribution in [2.45, 2.75) is 23.2 Å². The number of hydrogen-bond donors (Lipinski definition) is 1. The molecule has 1 saturated heterocycles. The second-order valence-corrected chi connectivity index (χ2v) is 7.78. The van der Waals surface area contributed by atoms with E-state index in [2.05, 4.69) is 0 Å². The van der Waals surface area contributed by atoms with Crippen molar-refractivity contribution in [2.75, 3.05) is 13.1 Å². The van der Waals surface area contributed by atoms with Crippen molar-refractivity contribution in [3.05, 3.63) is 17.0 Å². The third-order valence-electron chi connectivity index (χ3n) is 3.26. The van der Waals surface area contributed by atoms with Gasteiger partial charge in [0.15, 0.2) is 0 Å². The zero-order valence-electron chi connectivity index (χ0n) is 10.6. The second-order valence-electron chi connectivity index (χ2n) is 4.70. The van der Waals surface area contributed by atoms with Gasteiger partial charge in [0, 0.05) is 18.5 Å². The molecule has 1 unspecified atom stereocenters. The van der Waals surface area contributed by atoms with Gasteiger partial charge in [-0.25, -0.2) is 13.2 Å². The Morgan fingerprint density at radius 3 is 2.62 bits per heavy atom. The fourth-order valence-electron chi connectivity index (χ4n) is 2.12. The SMILES string of the molecule is O=C(O)c1csc(S(=O)(=O)N2CCCC(C(F)(F)F)C2)c1. The van der Waals surface area contributed by atoms with Crippen LogP contribution in [0.25, 0.3) is 0 Å². The molecule has 1 atom stereocenters. The van der Waals surface area contributed by atoms with Gasteiger partial charge in [-0.3, -0.25) is 0 Å². The third-order valence-corrected chi connectivity index (χ3v) is 6.54. The minimum atomic E-state index is -4.43. The third kappa shape index (κ3) is 3.38. The summed E-state index contributed by atoms with van der Waals surface area (Å²) < 4.78 is 63.2. The Morgan fingerprint density at radius 1 is 1.43 bits per heavy atom. The molecule has 0 radical (unpaired) electrons. The number of rotatable bonds is 3. The first-order valence-electron chi connectivity index (χ1n) is 6.01. The summed E-state index contributed by atoms with van der Waals surface area (Å²) in [7, 11) is -4.08. The van der Waals surface area contributed by atoms with Gasteiger partial charge in [0.1, 0.15) is 4.21 Å². The van der Waals surface area contributed by atoms with E-state index in [9.17, 15) is 26.4 Å². The van der Waals surface area contributed by atoms with Crippen LogP contribution >= 0.6 is 11.3 Å². The predicted octanol–water partition coefficient (Wildman–Crippen LogP) is 2.41. The lowest BCUT2D eigenvalue weighted by molar-refractivity contribution is -0.182. The van der Waals surface area contributed by atoms with E-state index in [4.69, 9.17) is 5.11 Å². The molecular weight excluding hydrogens is 331 g/mol. The quantitative estimate of drug-likeness (QED) is 0.915. The number of sulfonamides is 1. The monoisotopic (exact) mass is 343 g/mol. The van der Waals surface area contributed by atoms with E-state index in [1.54, 1.807) is 0 Å². The fraction of sp³-hybridized carbons (Fsp3) is 0.545. The zero-order valence-corrected chi connectivity index (χ0v) is 12.3. The lowest BCUT2D eigenvalue weighted by Gasteiger charge is -2.32. The van der Waals surface area contributed by atoms with E-state index in [0.717, 1.165) is 15.8 Å². The summed E-state index contributed by atoms with van der Waals surface area (Å²) in [6.45, 7) is -0.610. The molecule has 21 heavy (non-hydrogen) atoms. The molecule has 10 heteroatoms. The maximum absolute atomic E-state index is 12.7. The molecule has 0 aliphatic carbocycles. The van der Waals surface area contributed by atoms with Gasteiger partial charge in [-0.1, -0.05) is 0 Å².